The number of benzene rings is 1. The van der Waals surface area contributed by atoms with E-state index in [9.17, 15) is 22.4 Å². The van der Waals surface area contributed by atoms with Gasteiger partial charge in [0.15, 0.2) is 5.69 Å². The number of nitrogens with zero attached hydrogens (tertiary/aromatic N) is 4. The third kappa shape index (κ3) is 5.01. The van der Waals surface area contributed by atoms with Crippen LogP contribution in [-0.2, 0) is 0 Å². The Morgan fingerprint density at radius 2 is 2.00 bits per heavy atom. The molecule has 0 aliphatic carbocycles. The molecule has 31 heavy (non-hydrogen) atoms. The highest BCUT2D eigenvalue weighted by Gasteiger charge is 2.31. The molecule has 1 saturated heterocycles. The molecule has 0 spiro atoms. The number of carbonyl (C=O) groups excluding carboxylic acids is 1. The van der Waals surface area contributed by atoms with Crippen LogP contribution in [0.25, 0.3) is 16.9 Å². The minimum absolute atomic E-state index is 0.111. The Labute approximate surface area is 186 Å². The van der Waals surface area contributed by atoms with Gasteiger partial charge in [-0.1, -0.05) is 15.9 Å². The van der Waals surface area contributed by atoms with Crippen LogP contribution in [0.3, 0.4) is 0 Å². The van der Waals surface area contributed by atoms with Crippen LogP contribution in [0.1, 0.15) is 10.5 Å². The van der Waals surface area contributed by atoms with Gasteiger partial charge in [-0.3, -0.25) is 4.79 Å². The number of alkyl halides is 3. The van der Waals surface area contributed by atoms with Crippen LogP contribution in [-0.4, -0.2) is 50.1 Å². The van der Waals surface area contributed by atoms with Gasteiger partial charge in [-0.05, 0) is 36.4 Å². The molecule has 0 radical (unpaired) electrons. The molecule has 3 aromatic rings. The average molecular weight is 517 g/mol. The Morgan fingerprint density at radius 3 is 2.65 bits per heavy atom. The third-order valence-electron chi connectivity index (χ3n) is 4.33. The predicted octanol–water partition coefficient (Wildman–Crippen LogP) is 4.88. The summed E-state index contributed by atoms with van der Waals surface area (Å²) in [6, 6.07) is 7.93. The third-order valence-corrected chi connectivity index (χ3v) is 5.75. The summed E-state index contributed by atoms with van der Waals surface area (Å²) in [5, 5.41) is 4.34. The summed E-state index contributed by atoms with van der Waals surface area (Å²) in [6.07, 6.45) is -3.65. The van der Waals surface area contributed by atoms with Gasteiger partial charge in [0.05, 0.1) is 23.5 Å². The summed E-state index contributed by atoms with van der Waals surface area (Å²) < 4.78 is 57.2. The van der Waals surface area contributed by atoms with Crippen LogP contribution in [0.2, 0.25) is 0 Å². The van der Waals surface area contributed by atoms with Crippen molar-refractivity contribution in [1.29, 1.82) is 0 Å². The van der Waals surface area contributed by atoms with E-state index in [1.54, 1.807) is 22.7 Å². The maximum atomic E-state index is 13.3. The van der Waals surface area contributed by atoms with Gasteiger partial charge >= 0.3 is 6.36 Å². The van der Waals surface area contributed by atoms with E-state index in [2.05, 4.69) is 30.7 Å². The summed E-state index contributed by atoms with van der Waals surface area (Å²) >= 11 is 4.79. The van der Waals surface area contributed by atoms with E-state index < -0.39 is 18.1 Å². The molecule has 0 bridgehead atoms. The monoisotopic (exact) mass is 516 g/mol. The number of hydrogen-bond acceptors (Lipinski definition) is 5. The number of pyridine rings is 1. The second kappa shape index (κ2) is 8.50. The van der Waals surface area contributed by atoms with E-state index >= 15 is 0 Å². The van der Waals surface area contributed by atoms with Gasteiger partial charge in [0, 0.05) is 22.3 Å². The van der Waals surface area contributed by atoms with Gasteiger partial charge in [-0.25, -0.2) is 9.67 Å². The van der Waals surface area contributed by atoms with Gasteiger partial charge < -0.3 is 9.64 Å². The Kier molecular flexibility index (Phi) is 5.93. The molecule has 2 aromatic heterocycles. The van der Waals surface area contributed by atoms with E-state index in [0.717, 1.165) is 11.8 Å². The molecular formula is C19H13BrF4N4O2S. The number of carbonyl (C=O) groups is 1. The summed E-state index contributed by atoms with van der Waals surface area (Å²) in [5.74, 6) is -0.108. The molecule has 6 nitrogen and oxygen atoms in total. The van der Waals surface area contributed by atoms with Gasteiger partial charge in [0.25, 0.3) is 5.91 Å². The first kappa shape index (κ1) is 21.6. The Morgan fingerprint density at radius 1 is 1.19 bits per heavy atom. The van der Waals surface area contributed by atoms with E-state index in [-0.39, 0.29) is 11.6 Å². The molecule has 12 heteroatoms. The second-order valence-electron chi connectivity index (χ2n) is 6.50. The summed E-state index contributed by atoms with van der Waals surface area (Å²) in [4.78, 5) is 18.1. The first-order chi connectivity index (χ1) is 14.7. The van der Waals surface area contributed by atoms with Gasteiger partial charge in [-0.2, -0.15) is 9.49 Å². The van der Waals surface area contributed by atoms with E-state index in [0.29, 0.717) is 33.8 Å². The van der Waals surface area contributed by atoms with Crippen molar-refractivity contribution in [3.05, 3.63) is 58.7 Å². The van der Waals surface area contributed by atoms with Crippen molar-refractivity contribution >= 4 is 33.6 Å². The average Bonchev–Trinajstić information content (AvgIpc) is 3.37. The molecule has 1 amide bonds. The highest BCUT2D eigenvalue weighted by molar-refractivity contribution is 9.10. The second-order valence-corrected chi connectivity index (χ2v) is 8.49. The zero-order valence-electron chi connectivity index (χ0n) is 15.6. The predicted molar refractivity (Wildman–Crippen MR) is 109 cm³/mol. The maximum absolute atomic E-state index is 13.3. The van der Waals surface area contributed by atoms with Crippen molar-refractivity contribution in [2.24, 2.45) is 0 Å². The fourth-order valence-corrected chi connectivity index (χ4v) is 4.44. The highest BCUT2D eigenvalue weighted by atomic mass is 79.9. The van der Waals surface area contributed by atoms with Crippen molar-refractivity contribution in [2.75, 3.05) is 18.2 Å². The topological polar surface area (TPSA) is 60.3 Å². The number of hydrogen-bond donors (Lipinski definition) is 0. The normalized spacial score (nSPS) is 14.2. The van der Waals surface area contributed by atoms with E-state index in [1.165, 1.54) is 35.1 Å². The fourth-order valence-electron chi connectivity index (χ4n) is 3.02. The van der Waals surface area contributed by atoms with E-state index in [4.69, 9.17) is 0 Å². The highest BCUT2D eigenvalue weighted by Crippen LogP contribution is 2.33. The van der Waals surface area contributed by atoms with Crippen LogP contribution in [0.4, 0.5) is 17.6 Å². The lowest BCUT2D eigenvalue weighted by Gasteiger charge is -2.12. The van der Waals surface area contributed by atoms with Crippen LogP contribution in [0.5, 0.6) is 5.75 Å². The summed E-state index contributed by atoms with van der Waals surface area (Å²) in [7, 11) is 0. The van der Waals surface area contributed by atoms with Crippen LogP contribution in [0, 0.1) is 5.95 Å². The van der Waals surface area contributed by atoms with E-state index in [1.807, 2.05) is 0 Å². The van der Waals surface area contributed by atoms with Gasteiger partial charge in [0.1, 0.15) is 5.75 Å². The smallest absolute Gasteiger partial charge is 0.406 e. The number of ether oxygens (including phenoxy) is 1. The molecule has 1 aliphatic heterocycles. The van der Waals surface area contributed by atoms with Crippen molar-refractivity contribution < 1.29 is 27.1 Å². The molecule has 1 fully saturated rings. The zero-order chi connectivity index (χ0) is 22.2. The first-order valence-corrected chi connectivity index (χ1v) is 10.8. The van der Waals surface area contributed by atoms with Crippen molar-refractivity contribution in [2.45, 2.75) is 6.36 Å². The molecule has 162 valence electrons. The summed E-state index contributed by atoms with van der Waals surface area (Å²) in [6.45, 7) is 0.574. The number of rotatable bonds is 4. The zero-order valence-corrected chi connectivity index (χ0v) is 18.0. The molecule has 0 saturated carbocycles. The SMILES string of the molecule is O=C(c1cc(-c2cc(Br)cc(OC(F)(F)F)c2)n(-c2ccc(F)nc2)n1)N1CCSC1. The molecule has 3 heterocycles. The standard InChI is InChI=1S/C19H13BrF4N4O2S/c20-12-5-11(6-14(7-12)30-19(22,23)24)16-8-15(18(29)27-3-4-31-10-27)26-28(16)13-1-2-17(21)25-9-13/h1-2,5-9H,3-4,10H2. The van der Waals surface area contributed by atoms with Gasteiger partial charge in [-0.15, -0.1) is 24.9 Å². The minimum Gasteiger partial charge on any atom is -0.406 e. The number of halogens is 5. The lowest BCUT2D eigenvalue weighted by Crippen LogP contribution is -2.28. The molecule has 0 unspecified atom stereocenters. The Hall–Kier alpha value is -2.60. The maximum Gasteiger partial charge on any atom is 0.573 e. The van der Waals surface area contributed by atoms with Crippen molar-refractivity contribution in [1.82, 2.24) is 19.7 Å². The Balaban J connectivity index is 1.82. The molecule has 0 atom stereocenters. The molecule has 4 rings (SSSR count). The molecular weight excluding hydrogens is 504 g/mol. The lowest BCUT2D eigenvalue weighted by molar-refractivity contribution is -0.274. The largest absolute Gasteiger partial charge is 0.573 e. The lowest BCUT2D eigenvalue weighted by atomic mass is 10.1. The number of amides is 1. The molecule has 0 N–H and O–H groups in total. The first-order valence-electron chi connectivity index (χ1n) is 8.85. The quantitative estimate of drug-likeness (QED) is 0.365. The van der Waals surface area contributed by atoms with Crippen molar-refractivity contribution in [3.8, 4) is 22.7 Å². The van der Waals surface area contributed by atoms with Crippen molar-refractivity contribution in [3.63, 3.8) is 0 Å². The van der Waals surface area contributed by atoms with Crippen LogP contribution in [0.15, 0.2) is 47.1 Å². The fraction of sp³-hybridized carbons (Fsp3) is 0.211. The number of thioether (sulfide) groups is 1. The Bertz CT molecular complexity index is 1120. The molecule has 1 aliphatic rings. The number of aromatic nitrogens is 3. The minimum atomic E-state index is -4.87. The van der Waals surface area contributed by atoms with Crippen LogP contribution >= 0.6 is 27.7 Å². The summed E-state index contributed by atoms with van der Waals surface area (Å²) in [5.41, 5.74) is 1.07. The van der Waals surface area contributed by atoms with Gasteiger partial charge in [0.2, 0.25) is 5.95 Å². The van der Waals surface area contributed by atoms with Crippen LogP contribution < -0.4 is 4.74 Å². The molecule has 1 aromatic carbocycles.